The Balaban J connectivity index is 1.30. The van der Waals surface area contributed by atoms with Crippen molar-refractivity contribution >= 4 is 11.8 Å². The molecule has 1 atom stereocenters. The smallest absolute Gasteiger partial charge is 0.378 e. The Bertz CT molecular complexity index is 859. The molecular weight excluding hydrogens is 427 g/mol. The zero-order chi connectivity index (χ0) is 23.1. The van der Waals surface area contributed by atoms with Gasteiger partial charge >= 0.3 is 6.18 Å². The molecule has 0 spiro atoms. The minimum atomic E-state index is -4.37. The second-order valence-electron chi connectivity index (χ2n) is 9.44. The van der Waals surface area contributed by atoms with Crippen LogP contribution in [0, 0.1) is 5.92 Å². The average Bonchev–Trinajstić information content (AvgIpc) is 3.10. The van der Waals surface area contributed by atoms with Gasteiger partial charge in [-0.2, -0.15) is 13.2 Å². The number of rotatable bonds is 5. The number of carbonyl (C=O) groups is 2. The third-order valence-corrected chi connectivity index (χ3v) is 6.88. The molecule has 0 saturated carbocycles. The van der Waals surface area contributed by atoms with Crippen molar-refractivity contribution in [3.63, 3.8) is 0 Å². The van der Waals surface area contributed by atoms with Crippen LogP contribution in [0.1, 0.15) is 49.4 Å². The van der Waals surface area contributed by atoms with E-state index in [2.05, 4.69) is 15.2 Å². The van der Waals surface area contributed by atoms with Crippen molar-refractivity contribution < 1.29 is 27.5 Å². The van der Waals surface area contributed by atoms with E-state index in [9.17, 15) is 22.8 Å². The van der Waals surface area contributed by atoms with Gasteiger partial charge in [0.05, 0.1) is 31.7 Å². The van der Waals surface area contributed by atoms with Gasteiger partial charge in [0.1, 0.15) is 11.5 Å². The van der Waals surface area contributed by atoms with E-state index in [1.807, 2.05) is 11.5 Å². The topological polar surface area (TPSA) is 79.7 Å². The van der Waals surface area contributed by atoms with Gasteiger partial charge in [-0.3, -0.25) is 14.5 Å². The van der Waals surface area contributed by atoms with Gasteiger partial charge in [0.25, 0.3) is 5.91 Å². The maximum atomic E-state index is 12.9. The first-order valence-corrected chi connectivity index (χ1v) is 11.1. The number of aromatic nitrogens is 2. The maximum absolute atomic E-state index is 12.9. The normalized spacial score (nSPS) is 22.7. The molecule has 4 rings (SSSR count). The summed E-state index contributed by atoms with van der Waals surface area (Å²) in [7, 11) is 0. The zero-order valence-electron chi connectivity index (χ0n) is 18.5. The van der Waals surface area contributed by atoms with Crippen molar-refractivity contribution in [3.8, 4) is 0 Å². The number of likely N-dealkylation sites (tertiary alicyclic amines) is 1. The lowest BCUT2D eigenvalue weighted by molar-refractivity contribution is -0.176. The van der Waals surface area contributed by atoms with E-state index in [4.69, 9.17) is 4.74 Å². The number of hydrogen-bond acceptors (Lipinski definition) is 5. The van der Waals surface area contributed by atoms with Gasteiger partial charge in [-0.05, 0) is 19.8 Å². The number of hydrogen-bond donors (Lipinski definition) is 1. The van der Waals surface area contributed by atoms with Crippen molar-refractivity contribution in [1.82, 2.24) is 24.7 Å². The Labute approximate surface area is 185 Å². The summed E-state index contributed by atoms with van der Waals surface area (Å²) < 4.78 is 45.5. The van der Waals surface area contributed by atoms with Crippen LogP contribution in [0.3, 0.4) is 0 Å². The minimum absolute atomic E-state index is 0.265. The van der Waals surface area contributed by atoms with Crippen LogP contribution in [-0.2, 0) is 22.6 Å². The summed E-state index contributed by atoms with van der Waals surface area (Å²) in [5.41, 5.74) is -0.173. The molecule has 1 aromatic rings. The van der Waals surface area contributed by atoms with E-state index in [0.29, 0.717) is 44.2 Å². The molecule has 1 N–H and O–H groups in total. The van der Waals surface area contributed by atoms with Gasteiger partial charge in [0.2, 0.25) is 5.91 Å². The van der Waals surface area contributed by atoms with E-state index in [-0.39, 0.29) is 5.91 Å². The monoisotopic (exact) mass is 457 g/mol. The van der Waals surface area contributed by atoms with Crippen LogP contribution in [-0.4, -0.2) is 81.8 Å². The van der Waals surface area contributed by atoms with Crippen LogP contribution < -0.4 is 5.32 Å². The van der Waals surface area contributed by atoms with E-state index >= 15 is 0 Å². The van der Waals surface area contributed by atoms with Gasteiger partial charge in [-0.1, -0.05) is 6.92 Å². The summed E-state index contributed by atoms with van der Waals surface area (Å²) in [5.74, 6) is -1.56. The molecule has 32 heavy (non-hydrogen) atoms. The number of nitrogens with zero attached hydrogens (tertiary/aromatic N) is 4. The van der Waals surface area contributed by atoms with Gasteiger partial charge in [-0.25, -0.2) is 4.98 Å². The zero-order valence-corrected chi connectivity index (χ0v) is 18.5. The summed E-state index contributed by atoms with van der Waals surface area (Å²) in [6.07, 6.45) is -2.18. The fraction of sp³-hybridized carbons (Fsp3) is 0.762. The van der Waals surface area contributed by atoms with Crippen LogP contribution in [0.15, 0.2) is 6.20 Å². The summed E-state index contributed by atoms with van der Waals surface area (Å²) in [6.45, 7) is 7.39. The fourth-order valence-corrected chi connectivity index (χ4v) is 4.35. The molecule has 3 aliphatic heterocycles. The molecule has 8 nitrogen and oxygen atoms in total. The first kappa shape index (κ1) is 23.0. The number of nitrogens with one attached hydrogen (secondary N) is 1. The number of fused-ring (bicyclic) bond motifs is 1. The van der Waals surface area contributed by atoms with Gasteiger partial charge in [-0.15, -0.1) is 0 Å². The van der Waals surface area contributed by atoms with E-state index < -0.39 is 30.0 Å². The summed E-state index contributed by atoms with van der Waals surface area (Å²) in [4.78, 5) is 33.4. The lowest BCUT2D eigenvalue weighted by Crippen LogP contribution is -2.54. The van der Waals surface area contributed by atoms with Gasteiger partial charge < -0.3 is 19.5 Å². The highest BCUT2D eigenvalue weighted by atomic mass is 19.4. The summed E-state index contributed by atoms with van der Waals surface area (Å²) >= 11 is 0. The molecular formula is C21H30F3N5O3. The van der Waals surface area contributed by atoms with Crippen molar-refractivity contribution in [2.75, 3.05) is 32.8 Å². The molecule has 0 aromatic carbocycles. The lowest BCUT2D eigenvalue weighted by atomic mass is 9.89. The Morgan fingerprint density at radius 2 is 1.94 bits per heavy atom. The molecule has 2 amide bonds. The summed E-state index contributed by atoms with van der Waals surface area (Å²) in [5, 5.41) is 3.04. The average molecular weight is 457 g/mol. The van der Waals surface area contributed by atoms with Crippen molar-refractivity contribution in [2.45, 2.75) is 64.0 Å². The molecule has 4 heterocycles. The Kier molecular flexibility index (Phi) is 6.23. The quantitative estimate of drug-likeness (QED) is 0.730. The molecule has 178 valence electrons. The van der Waals surface area contributed by atoms with Crippen molar-refractivity contribution in [3.05, 3.63) is 17.7 Å². The second-order valence-corrected chi connectivity index (χ2v) is 9.44. The molecule has 11 heteroatoms. The predicted molar refractivity (Wildman–Crippen MR) is 109 cm³/mol. The third kappa shape index (κ3) is 4.93. The summed E-state index contributed by atoms with van der Waals surface area (Å²) in [6, 6.07) is 0.420. The highest BCUT2D eigenvalue weighted by Crippen LogP contribution is 2.30. The van der Waals surface area contributed by atoms with Crippen LogP contribution in [0.5, 0.6) is 0 Å². The third-order valence-electron chi connectivity index (χ3n) is 6.88. The van der Waals surface area contributed by atoms with Gasteiger partial charge in [0, 0.05) is 44.3 Å². The number of imidazole rings is 1. The number of carbonyl (C=O) groups excluding carboxylic acids is 2. The predicted octanol–water partition coefficient (Wildman–Crippen LogP) is 1.80. The van der Waals surface area contributed by atoms with E-state index in [1.54, 1.807) is 6.20 Å². The maximum Gasteiger partial charge on any atom is 0.392 e. The molecule has 3 aliphatic rings. The van der Waals surface area contributed by atoms with Crippen molar-refractivity contribution in [1.29, 1.82) is 0 Å². The SMILES string of the molecule is CC(CC(=O)N1CCC(C)(NC(=O)c2cn3c(n2)CN(C2COC2)CC3)CC1)C(F)(F)F. The van der Waals surface area contributed by atoms with Crippen LogP contribution in [0.4, 0.5) is 13.2 Å². The second kappa shape index (κ2) is 8.66. The molecule has 1 unspecified atom stereocenters. The molecule has 2 fully saturated rings. The van der Waals surface area contributed by atoms with Crippen LogP contribution in [0.2, 0.25) is 0 Å². The standard InChI is InChI=1S/C21H30F3N5O3/c1-14(21(22,23)24)9-18(30)27-5-3-20(2,4-6-27)26-19(31)16-10-29-8-7-28(11-17(29)25-16)15-12-32-13-15/h10,14-15H,3-9,11-13H2,1-2H3,(H,26,31). The van der Waals surface area contributed by atoms with E-state index in [0.717, 1.165) is 39.1 Å². The molecule has 0 radical (unpaired) electrons. The molecule has 0 aliphatic carbocycles. The minimum Gasteiger partial charge on any atom is -0.378 e. The number of amides is 2. The number of ether oxygens (including phenoxy) is 1. The largest absolute Gasteiger partial charge is 0.392 e. The first-order valence-electron chi connectivity index (χ1n) is 11.1. The van der Waals surface area contributed by atoms with Crippen LogP contribution in [0.25, 0.3) is 0 Å². The Hall–Kier alpha value is -2.14. The first-order chi connectivity index (χ1) is 15.0. The molecule has 2 saturated heterocycles. The fourth-order valence-electron chi connectivity index (χ4n) is 4.35. The Morgan fingerprint density at radius 1 is 1.25 bits per heavy atom. The number of halogens is 3. The molecule has 1 aromatic heterocycles. The number of piperidine rings is 1. The Morgan fingerprint density at radius 3 is 2.53 bits per heavy atom. The van der Waals surface area contributed by atoms with E-state index in [1.165, 1.54) is 4.90 Å². The highest BCUT2D eigenvalue weighted by Gasteiger charge is 2.40. The van der Waals surface area contributed by atoms with Gasteiger partial charge in [0.15, 0.2) is 0 Å². The lowest BCUT2D eigenvalue weighted by Gasteiger charge is -2.40. The highest BCUT2D eigenvalue weighted by molar-refractivity contribution is 5.92. The van der Waals surface area contributed by atoms with Crippen LogP contribution >= 0.6 is 0 Å². The van der Waals surface area contributed by atoms with Crippen molar-refractivity contribution in [2.24, 2.45) is 5.92 Å². The molecule has 0 bridgehead atoms. The number of alkyl halides is 3.